The van der Waals surface area contributed by atoms with Crippen LogP contribution in [0.2, 0.25) is 0 Å². The molecular weight excluding hydrogens is 376 g/mol. The van der Waals surface area contributed by atoms with E-state index in [4.69, 9.17) is 0 Å². The van der Waals surface area contributed by atoms with Gasteiger partial charge >= 0.3 is 0 Å². The van der Waals surface area contributed by atoms with E-state index in [0.717, 1.165) is 49.1 Å². The Balaban J connectivity index is 0.00000106. The highest BCUT2D eigenvalue weighted by molar-refractivity contribution is 5.40. The maximum atomic E-state index is 14.6. The second-order valence-electron chi connectivity index (χ2n) is 8.33. The number of aryl methyl sites for hydroxylation is 1. The third-order valence-electron chi connectivity index (χ3n) is 5.96. The zero-order valence-corrected chi connectivity index (χ0v) is 20.0. The fraction of sp³-hybridized carbons (Fsp3) is 0.556. The van der Waals surface area contributed by atoms with Crippen LogP contribution >= 0.6 is 0 Å². The van der Waals surface area contributed by atoms with Gasteiger partial charge in [-0.2, -0.15) is 0 Å². The van der Waals surface area contributed by atoms with Crippen LogP contribution < -0.4 is 0 Å². The number of rotatable bonds is 6. The Bertz CT molecular complexity index is 745. The number of nitrogens with zero attached hydrogens (tertiary/aromatic N) is 1. The molecule has 0 radical (unpaired) electrons. The third-order valence-corrected chi connectivity index (χ3v) is 5.96. The lowest BCUT2D eigenvalue weighted by Crippen LogP contribution is -2.29. The molecule has 1 aromatic rings. The monoisotopic (exact) mass is 417 g/mol. The van der Waals surface area contributed by atoms with Gasteiger partial charge in [0.1, 0.15) is 11.6 Å². The lowest BCUT2D eigenvalue weighted by molar-refractivity contribution is 0.320. The van der Waals surface area contributed by atoms with Gasteiger partial charge in [0.25, 0.3) is 0 Å². The Morgan fingerprint density at radius 1 is 1.07 bits per heavy atom. The molecule has 0 saturated carbocycles. The van der Waals surface area contributed by atoms with Gasteiger partial charge < -0.3 is 4.90 Å². The van der Waals surface area contributed by atoms with E-state index in [1.54, 1.807) is 6.07 Å². The van der Waals surface area contributed by atoms with Gasteiger partial charge in [0.2, 0.25) is 0 Å². The molecule has 0 saturated heterocycles. The fourth-order valence-corrected chi connectivity index (χ4v) is 3.95. The van der Waals surface area contributed by atoms with Crippen LogP contribution in [0.1, 0.15) is 77.5 Å². The van der Waals surface area contributed by atoms with E-state index < -0.39 is 0 Å². The van der Waals surface area contributed by atoms with Gasteiger partial charge in [0.05, 0.1) is 5.70 Å². The second-order valence-corrected chi connectivity index (χ2v) is 8.33. The predicted molar refractivity (Wildman–Crippen MR) is 127 cm³/mol. The minimum Gasteiger partial charge on any atom is -0.365 e. The van der Waals surface area contributed by atoms with Gasteiger partial charge in [0.15, 0.2) is 0 Å². The Hall–Kier alpha value is -1.90. The summed E-state index contributed by atoms with van der Waals surface area (Å²) in [7, 11) is 0. The van der Waals surface area contributed by atoms with Crippen LogP contribution in [0.4, 0.5) is 8.78 Å². The Morgan fingerprint density at radius 2 is 1.73 bits per heavy atom. The molecule has 1 atom stereocenters. The summed E-state index contributed by atoms with van der Waals surface area (Å²) >= 11 is 0. The molecule has 1 unspecified atom stereocenters. The first-order valence-electron chi connectivity index (χ1n) is 11.5. The maximum absolute atomic E-state index is 14.6. The minimum absolute atomic E-state index is 0.0255. The smallest absolute Gasteiger partial charge is 0.127 e. The van der Waals surface area contributed by atoms with Crippen molar-refractivity contribution >= 4 is 0 Å². The number of fused-ring (bicyclic) bond motifs is 1. The topological polar surface area (TPSA) is 3.24 Å². The SMILES string of the molecule is C=C.CC.CCCc1cc2c(cc1F)CN(C1=C(F)CC(CC(C)C(C)C)=C1)CC2. The van der Waals surface area contributed by atoms with Crippen molar-refractivity contribution in [3.8, 4) is 0 Å². The molecule has 3 heteroatoms. The fourth-order valence-electron chi connectivity index (χ4n) is 3.95. The van der Waals surface area contributed by atoms with Crippen LogP contribution in [-0.2, 0) is 19.4 Å². The first kappa shape index (κ1) is 26.1. The summed E-state index contributed by atoms with van der Waals surface area (Å²) in [5.41, 5.74) is 4.96. The molecule has 1 aliphatic heterocycles. The molecule has 2 aliphatic rings. The highest BCUT2D eigenvalue weighted by Crippen LogP contribution is 2.36. The summed E-state index contributed by atoms with van der Waals surface area (Å²) in [6.45, 7) is 20.1. The molecule has 0 amide bonds. The van der Waals surface area contributed by atoms with Crippen molar-refractivity contribution < 1.29 is 8.78 Å². The normalized spacial score (nSPS) is 16.3. The quantitative estimate of drug-likeness (QED) is 0.422. The van der Waals surface area contributed by atoms with Crippen molar-refractivity contribution in [1.82, 2.24) is 4.90 Å². The maximum Gasteiger partial charge on any atom is 0.127 e. The van der Waals surface area contributed by atoms with E-state index in [2.05, 4.69) is 45.8 Å². The average molecular weight is 418 g/mol. The van der Waals surface area contributed by atoms with Crippen molar-refractivity contribution in [3.05, 3.63) is 71.0 Å². The molecule has 0 aromatic heterocycles. The number of hydrogen-bond donors (Lipinski definition) is 0. The molecule has 0 N–H and O–H groups in total. The average Bonchev–Trinajstić information content (AvgIpc) is 3.11. The Morgan fingerprint density at radius 3 is 2.33 bits per heavy atom. The van der Waals surface area contributed by atoms with Crippen LogP contribution in [0.25, 0.3) is 0 Å². The molecule has 1 aromatic carbocycles. The number of hydrogen-bond acceptors (Lipinski definition) is 1. The van der Waals surface area contributed by atoms with Crippen molar-refractivity contribution in [3.63, 3.8) is 0 Å². The van der Waals surface area contributed by atoms with E-state index in [9.17, 15) is 8.78 Å². The molecule has 30 heavy (non-hydrogen) atoms. The van der Waals surface area contributed by atoms with E-state index in [0.29, 0.717) is 24.8 Å². The molecule has 0 spiro atoms. The van der Waals surface area contributed by atoms with E-state index >= 15 is 0 Å². The van der Waals surface area contributed by atoms with Crippen molar-refractivity contribution in [2.24, 2.45) is 11.8 Å². The van der Waals surface area contributed by atoms with Crippen molar-refractivity contribution in [1.29, 1.82) is 0 Å². The van der Waals surface area contributed by atoms with Crippen LogP contribution in [0.3, 0.4) is 0 Å². The van der Waals surface area contributed by atoms with Gasteiger partial charge in [0, 0.05) is 19.5 Å². The van der Waals surface area contributed by atoms with Crippen molar-refractivity contribution in [2.45, 2.75) is 80.2 Å². The molecule has 1 heterocycles. The number of benzene rings is 1. The van der Waals surface area contributed by atoms with Gasteiger partial charge in [-0.3, -0.25) is 0 Å². The Kier molecular flexibility index (Phi) is 11.1. The lowest BCUT2D eigenvalue weighted by atomic mass is 9.90. The van der Waals surface area contributed by atoms with Crippen LogP contribution in [0.15, 0.2) is 48.5 Å². The number of halogens is 2. The molecule has 0 fully saturated rings. The highest BCUT2D eigenvalue weighted by Gasteiger charge is 2.26. The summed E-state index contributed by atoms with van der Waals surface area (Å²) in [4.78, 5) is 2.09. The minimum atomic E-state index is -0.115. The highest BCUT2D eigenvalue weighted by atomic mass is 19.1. The van der Waals surface area contributed by atoms with Gasteiger partial charge in [-0.15, -0.1) is 13.2 Å². The second kappa shape index (κ2) is 12.7. The standard InChI is InChI=1S/C23H31F2N.C2H6.C2H4/c1-5-6-19-12-18-7-8-26(14-20(18)13-21(19)24)23-11-17(10-22(23)25)9-16(4)15(2)3;2*1-2/h11-13,15-16H,5-10,14H2,1-4H3;1-2H3;1-2H2. The predicted octanol–water partition coefficient (Wildman–Crippen LogP) is 8.16. The van der Waals surface area contributed by atoms with E-state index in [-0.39, 0.29) is 11.6 Å². The summed E-state index contributed by atoms with van der Waals surface area (Å²) in [6.07, 6.45) is 6.02. The third kappa shape index (κ3) is 6.55. The summed E-state index contributed by atoms with van der Waals surface area (Å²) in [6, 6.07) is 3.70. The van der Waals surface area contributed by atoms with Crippen LogP contribution in [-0.4, -0.2) is 11.4 Å². The summed E-state index contributed by atoms with van der Waals surface area (Å²) < 4.78 is 28.9. The van der Waals surface area contributed by atoms with Gasteiger partial charge in [-0.05, 0) is 59.9 Å². The van der Waals surface area contributed by atoms with E-state index in [1.807, 2.05) is 26.0 Å². The zero-order valence-electron chi connectivity index (χ0n) is 20.0. The molecular formula is C27H41F2N. The Labute approximate surface area is 183 Å². The largest absolute Gasteiger partial charge is 0.365 e. The van der Waals surface area contributed by atoms with E-state index in [1.165, 1.54) is 11.1 Å². The molecule has 3 rings (SSSR count). The first-order chi connectivity index (χ1) is 14.4. The molecule has 0 bridgehead atoms. The lowest BCUT2D eigenvalue weighted by Gasteiger charge is -2.31. The summed E-state index contributed by atoms with van der Waals surface area (Å²) in [5.74, 6) is 1.02. The van der Waals surface area contributed by atoms with Crippen molar-refractivity contribution in [2.75, 3.05) is 6.54 Å². The van der Waals surface area contributed by atoms with Gasteiger partial charge in [-0.25, -0.2) is 8.78 Å². The first-order valence-corrected chi connectivity index (χ1v) is 11.5. The van der Waals surface area contributed by atoms with Crippen LogP contribution in [0.5, 0.6) is 0 Å². The molecule has 1 nitrogen and oxygen atoms in total. The molecule has 168 valence electrons. The van der Waals surface area contributed by atoms with Crippen LogP contribution in [0, 0.1) is 17.7 Å². The van der Waals surface area contributed by atoms with Gasteiger partial charge in [-0.1, -0.05) is 59.6 Å². The summed E-state index contributed by atoms with van der Waals surface area (Å²) in [5, 5.41) is 0. The number of allylic oxidation sites excluding steroid dienone is 3. The zero-order chi connectivity index (χ0) is 22.8. The molecule has 1 aliphatic carbocycles.